The maximum absolute atomic E-state index is 13.1. The van der Waals surface area contributed by atoms with E-state index in [1.807, 2.05) is 48.5 Å². The molecule has 0 saturated carbocycles. The second-order valence-corrected chi connectivity index (χ2v) is 10.2. The van der Waals surface area contributed by atoms with Crippen molar-refractivity contribution < 1.29 is 19.1 Å². The van der Waals surface area contributed by atoms with Gasteiger partial charge in [0.05, 0.1) is 18.5 Å². The highest BCUT2D eigenvalue weighted by molar-refractivity contribution is 6.07. The Morgan fingerprint density at radius 2 is 1.34 bits per heavy atom. The summed E-state index contributed by atoms with van der Waals surface area (Å²) in [6.07, 6.45) is 1.56. The third kappa shape index (κ3) is 7.74. The largest absolute Gasteiger partial charge is 0.497 e. The minimum Gasteiger partial charge on any atom is -0.497 e. The van der Waals surface area contributed by atoms with Crippen LogP contribution in [0.5, 0.6) is 11.5 Å². The number of para-hydroxylation sites is 2. The van der Waals surface area contributed by atoms with Gasteiger partial charge >= 0.3 is 0 Å². The molecule has 4 aromatic carbocycles. The van der Waals surface area contributed by atoms with Gasteiger partial charge in [-0.1, -0.05) is 54.6 Å². The molecule has 0 atom stereocenters. The molecule has 1 aliphatic rings. The molecule has 0 spiro atoms. The van der Waals surface area contributed by atoms with Crippen molar-refractivity contribution >= 4 is 23.2 Å². The second kappa shape index (κ2) is 13.6. The first-order valence-electron chi connectivity index (χ1n) is 13.9. The summed E-state index contributed by atoms with van der Waals surface area (Å²) < 4.78 is 11.1. The topological polar surface area (TPSA) is 79.9 Å². The first kappa shape index (κ1) is 27.9. The van der Waals surface area contributed by atoms with Gasteiger partial charge in [0.2, 0.25) is 5.91 Å². The Morgan fingerprint density at radius 1 is 0.732 bits per heavy atom. The van der Waals surface area contributed by atoms with Crippen molar-refractivity contribution in [3.05, 3.63) is 120 Å². The van der Waals surface area contributed by atoms with Crippen molar-refractivity contribution in [2.45, 2.75) is 26.0 Å². The van der Waals surface area contributed by atoms with E-state index in [2.05, 4.69) is 39.8 Å². The summed E-state index contributed by atoms with van der Waals surface area (Å²) >= 11 is 0. The lowest BCUT2D eigenvalue weighted by Gasteiger charge is -2.31. The summed E-state index contributed by atoms with van der Waals surface area (Å²) in [6.45, 7) is 3.09. The molecule has 1 aliphatic heterocycles. The predicted octanol–water partition coefficient (Wildman–Crippen LogP) is 6.38. The van der Waals surface area contributed by atoms with Crippen LogP contribution in [0.15, 0.2) is 103 Å². The lowest BCUT2D eigenvalue weighted by Crippen LogP contribution is -2.37. The van der Waals surface area contributed by atoms with Crippen LogP contribution in [0, 0.1) is 5.92 Å². The standard InChI is InChI=1S/C34H35N3O4/c1-40-29-17-13-27(14-18-29)33(38)35-31-9-5-6-10-32(31)36-34(39)28-19-21-37(22-20-28)23-25-11-15-30(16-12-25)41-24-26-7-3-2-4-8-26/h2-18,28H,19-24H2,1H3,(H,35,38)(H,36,39). The Kier molecular flexibility index (Phi) is 9.29. The number of hydrogen-bond donors (Lipinski definition) is 2. The van der Waals surface area contributed by atoms with Crippen LogP contribution in [-0.4, -0.2) is 36.9 Å². The number of piperidine rings is 1. The summed E-state index contributed by atoms with van der Waals surface area (Å²) in [6, 6.07) is 32.6. The van der Waals surface area contributed by atoms with E-state index in [1.54, 1.807) is 37.4 Å². The van der Waals surface area contributed by atoms with Crippen LogP contribution in [0.2, 0.25) is 0 Å². The third-order valence-corrected chi connectivity index (χ3v) is 7.32. The molecule has 0 unspecified atom stereocenters. The molecule has 0 aromatic heterocycles. The zero-order valence-corrected chi connectivity index (χ0v) is 23.2. The number of benzene rings is 4. The number of nitrogens with zero attached hydrogens (tertiary/aromatic N) is 1. The van der Waals surface area contributed by atoms with E-state index in [0.717, 1.165) is 43.8 Å². The lowest BCUT2D eigenvalue weighted by atomic mass is 9.95. The van der Waals surface area contributed by atoms with Gasteiger partial charge in [-0.3, -0.25) is 14.5 Å². The molecule has 0 bridgehead atoms. The van der Waals surface area contributed by atoms with Crippen LogP contribution >= 0.6 is 0 Å². The number of likely N-dealkylation sites (tertiary alicyclic amines) is 1. The molecule has 7 nitrogen and oxygen atoms in total. The van der Waals surface area contributed by atoms with Crippen molar-refractivity contribution in [1.29, 1.82) is 0 Å². The van der Waals surface area contributed by atoms with Crippen LogP contribution < -0.4 is 20.1 Å². The molecule has 7 heteroatoms. The van der Waals surface area contributed by atoms with Gasteiger partial charge in [0.1, 0.15) is 18.1 Å². The molecule has 210 valence electrons. The third-order valence-electron chi connectivity index (χ3n) is 7.32. The molecule has 1 saturated heterocycles. The van der Waals surface area contributed by atoms with Crippen molar-refractivity contribution in [2.24, 2.45) is 5.92 Å². The van der Waals surface area contributed by atoms with Gasteiger partial charge in [-0.25, -0.2) is 0 Å². The van der Waals surface area contributed by atoms with Gasteiger partial charge in [0.25, 0.3) is 5.91 Å². The van der Waals surface area contributed by atoms with Crippen molar-refractivity contribution in [2.75, 3.05) is 30.8 Å². The Labute approximate surface area is 241 Å². The Balaban J connectivity index is 1.09. The van der Waals surface area contributed by atoms with Gasteiger partial charge in [-0.2, -0.15) is 0 Å². The number of amides is 2. The van der Waals surface area contributed by atoms with Crippen LogP contribution in [0.3, 0.4) is 0 Å². The molecule has 0 radical (unpaired) electrons. The Hall–Kier alpha value is -4.62. The van der Waals surface area contributed by atoms with Crippen LogP contribution in [0.25, 0.3) is 0 Å². The average Bonchev–Trinajstić information content (AvgIpc) is 3.02. The molecule has 41 heavy (non-hydrogen) atoms. The highest BCUT2D eigenvalue weighted by Gasteiger charge is 2.25. The molecule has 1 fully saturated rings. The molecule has 2 N–H and O–H groups in total. The van der Waals surface area contributed by atoms with Gasteiger partial charge < -0.3 is 20.1 Å². The number of hydrogen-bond acceptors (Lipinski definition) is 5. The van der Waals surface area contributed by atoms with Gasteiger partial charge in [0.15, 0.2) is 0 Å². The monoisotopic (exact) mass is 549 g/mol. The molecule has 4 aromatic rings. The fourth-order valence-electron chi connectivity index (χ4n) is 4.92. The van der Waals surface area contributed by atoms with Crippen molar-refractivity contribution in [1.82, 2.24) is 4.90 Å². The zero-order chi connectivity index (χ0) is 28.4. The van der Waals surface area contributed by atoms with E-state index < -0.39 is 0 Å². The molecule has 5 rings (SSSR count). The molecular formula is C34H35N3O4. The molecule has 1 heterocycles. The Bertz CT molecular complexity index is 1430. The lowest BCUT2D eigenvalue weighted by molar-refractivity contribution is -0.121. The predicted molar refractivity (Wildman–Crippen MR) is 161 cm³/mol. The van der Waals surface area contributed by atoms with E-state index in [4.69, 9.17) is 9.47 Å². The number of carbonyl (C=O) groups is 2. The van der Waals surface area contributed by atoms with E-state index in [1.165, 1.54) is 5.56 Å². The number of nitrogens with one attached hydrogen (secondary N) is 2. The first-order valence-corrected chi connectivity index (χ1v) is 13.9. The molecular weight excluding hydrogens is 514 g/mol. The van der Waals surface area contributed by atoms with Crippen molar-refractivity contribution in [3.63, 3.8) is 0 Å². The maximum atomic E-state index is 13.1. The minimum absolute atomic E-state index is 0.0179. The normalized spacial score (nSPS) is 13.8. The SMILES string of the molecule is COc1ccc(C(=O)Nc2ccccc2NC(=O)C2CCN(Cc3ccc(OCc4ccccc4)cc3)CC2)cc1. The molecule has 0 aliphatic carbocycles. The second-order valence-electron chi connectivity index (χ2n) is 10.2. The number of anilines is 2. The van der Waals surface area contributed by atoms with Crippen LogP contribution in [-0.2, 0) is 17.9 Å². The number of carbonyl (C=O) groups excluding carboxylic acids is 2. The van der Waals surface area contributed by atoms with Crippen LogP contribution in [0.4, 0.5) is 11.4 Å². The quantitative estimate of drug-likeness (QED) is 0.240. The maximum Gasteiger partial charge on any atom is 0.255 e. The highest BCUT2D eigenvalue weighted by atomic mass is 16.5. The number of methoxy groups -OCH3 is 1. The smallest absolute Gasteiger partial charge is 0.255 e. The summed E-state index contributed by atoms with van der Waals surface area (Å²) in [7, 11) is 1.58. The fraction of sp³-hybridized carbons (Fsp3) is 0.235. The Morgan fingerprint density at radius 3 is 2.00 bits per heavy atom. The minimum atomic E-state index is -0.251. The van der Waals surface area contributed by atoms with E-state index in [-0.39, 0.29) is 17.7 Å². The van der Waals surface area contributed by atoms with E-state index in [9.17, 15) is 9.59 Å². The molecule has 2 amide bonds. The summed E-state index contributed by atoms with van der Waals surface area (Å²) in [4.78, 5) is 28.3. The number of ether oxygens (including phenoxy) is 2. The van der Waals surface area contributed by atoms with E-state index in [0.29, 0.717) is 29.3 Å². The van der Waals surface area contributed by atoms with Crippen molar-refractivity contribution in [3.8, 4) is 11.5 Å². The van der Waals surface area contributed by atoms with Crippen LogP contribution in [0.1, 0.15) is 34.3 Å². The van der Waals surface area contributed by atoms with Gasteiger partial charge in [0, 0.05) is 18.0 Å². The fourth-order valence-corrected chi connectivity index (χ4v) is 4.92. The zero-order valence-electron chi connectivity index (χ0n) is 23.2. The summed E-state index contributed by atoms with van der Waals surface area (Å²) in [5.74, 6) is 1.19. The van der Waals surface area contributed by atoms with Gasteiger partial charge in [-0.15, -0.1) is 0 Å². The van der Waals surface area contributed by atoms with Gasteiger partial charge in [-0.05, 0) is 85.6 Å². The summed E-state index contributed by atoms with van der Waals surface area (Å²) in [5, 5.41) is 5.96. The van der Waals surface area contributed by atoms with E-state index >= 15 is 0 Å². The average molecular weight is 550 g/mol. The number of rotatable bonds is 10. The first-order chi connectivity index (χ1) is 20.1. The highest BCUT2D eigenvalue weighted by Crippen LogP contribution is 2.26. The summed E-state index contributed by atoms with van der Waals surface area (Å²) in [5.41, 5.74) is 4.03.